The minimum Gasteiger partial charge on any atom is -0.361 e. The van der Waals surface area contributed by atoms with Crippen molar-refractivity contribution in [2.75, 3.05) is 13.7 Å². The summed E-state index contributed by atoms with van der Waals surface area (Å²) in [5.41, 5.74) is -7.36. The number of halogens is 7. The Bertz CT molecular complexity index is 1020. The highest BCUT2D eigenvalue weighted by atomic mass is 19.4. The molecule has 0 aromatic heterocycles. The predicted octanol–water partition coefficient (Wildman–Crippen LogP) is 6.32. The van der Waals surface area contributed by atoms with Gasteiger partial charge < -0.3 is 9.64 Å². The van der Waals surface area contributed by atoms with E-state index in [0.717, 1.165) is 50.5 Å². The van der Waals surface area contributed by atoms with Crippen LogP contribution >= 0.6 is 0 Å². The van der Waals surface area contributed by atoms with Crippen molar-refractivity contribution in [3.05, 3.63) is 71.0 Å². The number of alkyl halides is 7. The number of rotatable bonds is 3. The Balaban J connectivity index is 2.01. The van der Waals surface area contributed by atoms with Crippen molar-refractivity contribution in [2.45, 2.75) is 56.2 Å². The Hall–Kier alpha value is -2.62. The lowest BCUT2D eigenvalue weighted by atomic mass is 9.79. The van der Waals surface area contributed by atoms with Gasteiger partial charge in [0.05, 0.1) is 12.0 Å². The molecule has 3 nitrogen and oxygen atoms in total. The van der Waals surface area contributed by atoms with Crippen LogP contribution < -0.4 is 0 Å². The van der Waals surface area contributed by atoms with Gasteiger partial charge in [0.2, 0.25) is 11.5 Å². The number of fused-ring (bicyclic) bond motifs is 1. The second-order valence-electron chi connectivity index (χ2n) is 8.56. The van der Waals surface area contributed by atoms with Crippen molar-refractivity contribution in [3.63, 3.8) is 0 Å². The van der Waals surface area contributed by atoms with Crippen LogP contribution in [0, 0.1) is 0 Å². The molecule has 34 heavy (non-hydrogen) atoms. The summed E-state index contributed by atoms with van der Waals surface area (Å²) in [6.45, 7) is 4.30. The molecule has 0 radical (unpaired) electrons. The zero-order valence-corrected chi connectivity index (χ0v) is 18.6. The van der Waals surface area contributed by atoms with Crippen molar-refractivity contribution >= 4 is 5.91 Å². The highest BCUT2D eigenvalue weighted by molar-refractivity contribution is 5.81. The zero-order valence-electron chi connectivity index (χ0n) is 18.6. The lowest BCUT2D eigenvalue weighted by molar-refractivity contribution is -0.283. The molecular formula is C24H24F7NO2. The summed E-state index contributed by atoms with van der Waals surface area (Å²) in [7, 11) is 0.752. The number of likely N-dealkylation sites (tertiary alicyclic amines) is 1. The molecule has 1 aromatic rings. The molecule has 3 rings (SSSR count). The van der Waals surface area contributed by atoms with Gasteiger partial charge in [-0.3, -0.25) is 4.79 Å². The van der Waals surface area contributed by atoms with E-state index >= 15 is 4.39 Å². The summed E-state index contributed by atoms with van der Waals surface area (Å²) in [6.07, 6.45) is -6.76. The van der Waals surface area contributed by atoms with Crippen LogP contribution in [0.5, 0.6) is 0 Å². The normalized spacial score (nSPS) is 26.3. The Morgan fingerprint density at radius 2 is 1.74 bits per heavy atom. The van der Waals surface area contributed by atoms with Crippen LogP contribution in [0.1, 0.15) is 37.3 Å². The van der Waals surface area contributed by atoms with Crippen LogP contribution in [-0.2, 0) is 22.1 Å². The van der Waals surface area contributed by atoms with Gasteiger partial charge in [-0.15, -0.1) is 0 Å². The molecule has 1 amide bonds. The molecule has 1 aliphatic carbocycles. The fraction of sp³-hybridized carbons (Fsp3) is 0.458. The van der Waals surface area contributed by atoms with Crippen LogP contribution in [0.3, 0.4) is 0 Å². The van der Waals surface area contributed by atoms with Gasteiger partial charge in [-0.05, 0) is 61.1 Å². The van der Waals surface area contributed by atoms with Gasteiger partial charge in [0.1, 0.15) is 0 Å². The molecule has 2 atom stereocenters. The molecule has 1 aliphatic heterocycles. The highest BCUT2D eigenvalue weighted by Crippen LogP contribution is 2.52. The molecular weight excluding hydrogens is 467 g/mol. The van der Waals surface area contributed by atoms with E-state index in [1.807, 2.05) is 0 Å². The maximum Gasteiger partial charge on any atom is 0.425 e. The van der Waals surface area contributed by atoms with Crippen LogP contribution in [0.15, 0.2) is 59.8 Å². The van der Waals surface area contributed by atoms with E-state index in [1.54, 1.807) is 0 Å². The fourth-order valence-corrected chi connectivity index (χ4v) is 4.55. The lowest BCUT2D eigenvalue weighted by Crippen LogP contribution is -2.60. The monoisotopic (exact) mass is 491 g/mol. The van der Waals surface area contributed by atoms with Gasteiger partial charge in [0.25, 0.3) is 0 Å². The van der Waals surface area contributed by atoms with E-state index in [2.05, 4.69) is 6.58 Å². The summed E-state index contributed by atoms with van der Waals surface area (Å²) < 4.78 is 101. The lowest BCUT2D eigenvalue weighted by Gasteiger charge is -2.42. The van der Waals surface area contributed by atoms with Crippen LogP contribution in [0.25, 0.3) is 0 Å². The minimum atomic E-state index is -5.14. The quantitative estimate of drug-likeness (QED) is 0.464. The number of carbonyl (C=O) groups is 1. The molecule has 1 fully saturated rings. The standard InChI is InChI=1S/C24H24F7NO2/c1-15-12-17-6-4-5-11-32(19(17)14-21(2,25)22(15,34-3)24(29,30)31)20(33)13-16-7-9-18(10-8-16)23(26,27)28/h7-10,12,14H,1,4-6,11,13H2,2-3H3. The molecule has 0 spiro atoms. The second kappa shape index (κ2) is 8.87. The summed E-state index contributed by atoms with van der Waals surface area (Å²) in [5, 5.41) is 0. The SMILES string of the molecule is C=C1C=C2CCCCN(C(=O)Cc3ccc(C(F)(F)F)cc3)C2=CC(C)(F)C1(OC)C(F)(F)F. The minimum absolute atomic E-state index is 0.0104. The Morgan fingerprint density at radius 1 is 1.12 bits per heavy atom. The smallest absolute Gasteiger partial charge is 0.361 e. The number of nitrogens with zero attached hydrogens (tertiary/aromatic N) is 1. The first-order valence-corrected chi connectivity index (χ1v) is 10.5. The molecule has 1 heterocycles. The number of carbonyl (C=O) groups excluding carboxylic acids is 1. The van der Waals surface area contributed by atoms with Gasteiger partial charge in [0, 0.05) is 19.4 Å². The Kier molecular flexibility index (Phi) is 6.78. The summed E-state index contributed by atoms with van der Waals surface area (Å²) in [5.74, 6) is -0.572. The van der Waals surface area contributed by atoms with Gasteiger partial charge in [0.15, 0.2) is 5.67 Å². The van der Waals surface area contributed by atoms with Crippen LogP contribution in [-0.4, -0.2) is 41.9 Å². The van der Waals surface area contributed by atoms with Gasteiger partial charge >= 0.3 is 12.4 Å². The van der Waals surface area contributed by atoms with E-state index in [4.69, 9.17) is 4.74 Å². The Labute approximate surface area is 192 Å². The largest absolute Gasteiger partial charge is 0.425 e. The number of methoxy groups -OCH3 is 1. The zero-order chi connectivity index (χ0) is 25.5. The maximum absolute atomic E-state index is 15.9. The van der Waals surface area contributed by atoms with E-state index < -0.39 is 40.7 Å². The van der Waals surface area contributed by atoms with Crippen molar-refractivity contribution in [3.8, 4) is 0 Å². The van der Waals surface area contributed by atoms with E-state index in [9.17, 15) is 31.1 Å². The molecule has 186 valence electrons. The van der Waals surface area contributed by atoms with E-state index in [0.29, 0.717) is 24.8 Å². The number of hydrogen-bond acceptors (Lipinski definition) is 2. The van der Waals surface area contributed by atoms with Crippen molar-refractivity contribution < 1.29 is 40.3 Å². The molecule has 1 saturated heterocycles. The first kappa shape index (κ1) is 26.0. The maximum atomic E-state index is 15.9. The second-order valence-corrected chi connectivity index (χ2v) is 8.56. The topological polar surface area (TPSA) is 29.5 Å². The first-order valence-electron chi connectivity index (χ1n) is 10.5. The number of ether oxygens (including phenoxy) is 1. The van der Waals surface area contributed by atoms with Crippen LogP contribution in [0.4, 0.5) is 30.7 Å². The average molecular weight is 491 g/mol. The van der Waals surface area contributed by atoms with Crippen molar-refractivity contribution in [2.24, 2.45) is 0 Å². The molecule has 2 aliphatic rings. The Morgan fingerprint density at radius 3 is 2.26 bits per heavy atom. The highest BCUT2D eigenvalue weighted by Gasteiger charge is 2.68. The van der Waals surface area contributed by atoms with E-state index in [-0.39, 0.29) is 24.2 Å². The number of benzene rings is 1. The van der Waals surface area contributed by atoms with Crippen LogP contribution in [0.2, 0.25) is 0 Å². The summed E-state index contributed by atoms with van der Waals surface area (Å²) in [6, 6.07) is 4.02. The first-order chi connectivity index (χ1) is 15.6. The van der Waals surface area contributed by atoms with Gasteiger partial charge in [-0.2, -0.15) is 26.3 Å². The third kappa shape index (κ3) is 4.52. The molecule has 0 saturated carbocycles. The average Bonchev–Trinajstić information content (AvgIpc) is 2.93. The van der Waals surface area contributed by atoms with Crippen molar-refractivity contribution in [1.29, 1.82) is 0 Å². The molecule has 2 unspecified atom stereocenters. The molecule has 10 heteroatoms. The number of hydrogen-bond donors (Lipinski definition) is 0. The predicted molar refractivity (Wildman–Crippen MR) is 111 cm³/mol. The van der Waals surface area contributed by atoms with E-state index in [1.165, 1.54) is 4.90 Å². The van der Waals surface area contributed by atoms with Crippen molar-refractivity contribution in [1.82, 2.24) is 4.90 Å². The fourth-order valence-electron chi connectivity index (χ4n) is 4.55. The number of amides is 1. The summed E-state index contributed by atoms with van der Waals surface area (Å²) in [4.78, 5) is 14.3. The summed E-state index contributed by atoms with van der Waals surface area (Å²) >= 11 is 0. The third-order valence-corrected chi connectivity index (χ3v) is 6.24. The third-order valence-electron chi connectivity index (χ3n) is 6.24. The van der Waals surface area contributed by atoms with Gasteiger partial charge in [-0.1, -0.05) is 24.8 Å². The van der Waals surface area contributed by atoms with Gasteiger partial charge in [-0.25, -0.2) is 4.39 Å². The molecule has 0 N–H and O–H groups in total. The number of allylic oxidation sites excluding steroid dienone is 1. The molecule has 1 aromatic carbocycles. The molecule has 0 bridgehead atoms.